The van der Waals surface area contributed by atoms with Crippen LogP contribution in [-0.2, 0) is 27.1 Å². The number of oxazole rings is 1. The summed E-state index contributed by atoms with van der Waals surface area (Å²) in [6, 6.07) is 4.69. The van der Waals surface area contributed by atoms with E-state index < -0.39 is 24.5 Å². The van der Waals surface area contributed by atoms with Gasteiger partial charge in [0.25, 0.3) is 5.91 Å². The zero-order valence-corrected chi connectivity index (χ0v) is 17.2. The lowest BCUT2D eigenvalue weighted by atomic mass is 10.1. The summed E-state index contributed by atoms with van der Waals surface area (Å²) in [5.41, 5.74) is 2.71. The Labute approximate surface area is 176 Å². The van der Waals surface area contributed by atoms with Crippen LogP contribution in [0.1, 0.15) is 50.4 Å². The van der Waals surface area contributed by atoms with Gasteiger partial charge >= 0.3 is 11.9 Å². The lowest BCUT2D eigenvalue weighted by molar-refractivity contribution is -0.119. The highest BCUT2D eigenvalue weighted by atomic mass is 32.1. The molecule has 0 atom stereocenters. The van der Waals surface area contributed by atoms with Crippen LogP contribution in [0, 0.1) is 0 Å². The molecule has 4 rings (SSSR count). The van der Waals surface area contributed by atoms with E-state index >= 15 is 0 Å². The van der Waals surface area contributed by atoms with Crippen LogP contribution in [0.2, 0.25) is 0 Å². The zero-order chi connectivity index (χ0) is 21.1. The lowest BCUT2D eigenvalue weighted by Crippen LogP contribution is -2.21. The second-order valence-corrected chi connectivity index (χ2v) is 8.02. The number of hydrogen-bond acceptors (Lipinski definition) is 8. The molecule has 0 saturated heterocycles. The van der Waals surface area contributed by atoms with Crippen LogP contribution in [0.5, 0.6) is 0 Å². The number of ether oxygens (including phenoxy) is 2. The number of fused-ring (bicyclic) bond motifs is 2. The maximum absolute atomic E-state index is 12.4. The summed E-state index contributed by atoms with van der Waals surface area (Å²) in [6.45, 7) is -0.473. The number of hydrogen-bond donors (Lipinski definition) is 1. The summed E-state index contributed by atoms with van der Waals surface area (Å²) in [4.78, 5) is 42.1. The van der Waals surface area contributed by atoms with Gasteiger partial charge < -0.3 is 19.2 Å². The number of thiophene rings is 1. The van der Waals surface area contributed by atoms with Gasteiger partial charge in [-0.3, -0.25) is 4.79 Å². The number of amides is 1. The van der Waals surface area contributed by atoms with Crippen molar-refractivity contribution in [3.8, 4) is 0 Å². The van der Waals surface area contributed by atoms with Gasteiger partial charge in [-0.1, -0.05) is 6.42 Å². The minimum atomic E-state index is -0.648. The predicted molar refractivity (Wildman–Crippen MR) is 110 cm³/mol. The van der Waals surface area contributed by atoms with E-state index in [0.29, 0.717) is 21.7 Å². The van der Waals surface area contributed by atoms with E-state index in [0.717, 1.165) is 42.5 Å². The van der Waals surface area contributed by atoms with Crippen molar-refractivity contribution in [1.82, 2.24) is 4.98 Å². The first-order valence-corrected chi connectivity index (χ1v) is 10.4. The fourth-order valence-corrected chi connectivity index (χ4v) is 4.80. The first kappa shape index (κ1) is 20.1. The number of rotatable bonds is 5. The van der Waals surface area contributed by atoms with E-state index in [9.17, 15) is 14.4 Å². The van der Waals surface area contributed by atoms with Crippen LogP contribution in [-0.4, -0.2) is 36.5 Å². The molecule has 1 amide bonds. The van der Waals surface area contributed by atoms with Crippen molar-refractivity contribution >= 4 is 45.3 Å². The number of esters is 2. The van der Waals surface area contributed by atoms with E-state index in [1.165, 1.54) is 30.9 Å². The highest BCUT2D eigenvalue weighted by Gasteiger charge is 2.26. The number of aryl methyl sites for hydroxylation is 1. The molecule has 30 heavy (non-hydrogen) atoms. The van der Waals surface area contributed by atoms with Gasteiger partial charge in [0.15, 0.2) is 18.6 Å². The van der Waals surface area contributed by atoms with Crippen LogP contribution < -0.4 is 5.32 Å². The molecule has 1 aromatic carbocycles. The van der Waals surface area contributed by atoms with Gasteiger partial charge in [-0.05, 0) is 49.4 Å². The highest BCUT2D eigenvalue weighted by Crippen LogP contribution is 2.37. The third-order valence-electron chi connectivity index (χ3n) is 4.96. The van der Waals surface area contributed by atoms with Crippen LogP contribution in [0.15, 0.2) is 29.0 Å². The van der Waals surface area contributed by atoms with Crippen LogP contribution >= 0.6 is 11.3 Å². The topological polar surface area (TPSA) is 108 Å². The molecule has 1 N–H and O–H groups in total. The van der Waals surface area contributed by atoms with E-state index in [1.54, 1.807) is 12.1 Å². The monoisotopic (exact) mass is 428 g/mol. The number of anilines is 1. The maximum atomic E-state index is 12.4. The van der Waals surface area contributed by atoms with E-state index in [1.807, 2.05) is 0 Å². The molecular weight excluding hydrogens is 408 g/mol. The van der Waals surface area contributed by atoms with E-state index in [-0.39, 0.29) is 5.56 Å². The average Bonchev–Trinajstić information content (AvgIpc) is 3.28. The van der Waals surface area contributed by atoms with Gasteiger partial charge in [0.2, 0.25) is 0 Å². The number of aromatic nitrogens is 1. The van der Waals surface area contributed by atoms with E-state index in [4.69, 9.17) is 13.9 Å². The zero-order valence-electron chi connectivity index (χ0n) is 16.4. The van der Waals surface area contributed by atoms with Crippen molar-refractivity contribution in [2.75, 3.05) is 19.0 Å². The Kier molecular flexibility index (Phi) is 5.80. The van der Waals surface area contributed by atoms with Crippen molar-refractivity contribution in [3.63, 3.8) is 0 Å². The Morgan fingerprint density at radius 1 is 1.17 bits per heavy atom. The molecule has 9 heteroatoms. The third-order valence-corrected chi connectivity index (χ3v) is 6.17. The molecule has 3 aromatic rings. The molecule has 2 heterocycles. The molecule has 0 saturated carbocycles. The lowest BCUT2D eigenvalue weighted by Gasteiger charge is -2.08. The SMILES string of the molecule is COC(=O)c1c(NC(=O)COC(=O)c2ccc3ocnc3c2)sc2c1CCCCC2. The van der Waals surface area contributed by atoms with Crippen molar-refractivity contribution in [2.24, 2.45) is 0 Å². The van der Waals surface area contributed by atoms with Crippen LogP contribution in [0.3, 0.4) is 0 Å². The number of nitrogens with one attached hydrogen (secondary N) is 1. The molecule has 2 aromatic heterocycles. The van der Waals surface area contributed by atoms with Gasteiger partial charge in [-0.25, -0.2) is 14.6 Å². The van der Waals surface area contributed by atoms with E-state index in [2.05, 4.69) is 10.3 Å². The maximum Gasteiger partial charge on any atom is 0.341 e. The van der Waals surface area contributed by atoms with Gasteiger partial charge in [-0.15, -0.1) is 11.3 Å². The largest absolute Gasteiger partial charge is 0.465 e. The molecule has 1 aliphatic carbocycles. The summed E-state index contributed by atoms with van der Waals surface area (Å²) in [5.74, 6) is -1.64. The second-order valence-electron chi connectivity index (χ2n) is 6.92. The Bertz CT molecular complexity index is 1120. The number of methoxy groups -OCH3 is 1. The average molecular weight is 428 g/mol. The Hall–Kier alpha value is -3.20. The molecule has 0 radical (unpaired) electrons. The molecule has 0 aliphatic heterocycles. The molecular formula is C21H20N2O6S. The van der Waals surface area contributed by atoms with Crippen LogP contribution in [0.25, 0.3) is 11.1 Å². The fraction of sp³-hybridized carbons (Fsp3) is 0.333. The fourth-order valence-electron chi connectivity index (χ4n) is 3.51. The molecule has 0 spiro atoms. The molecule has 0 unspecified atom stereocenters. The number of nitrogens with zero attached hydrogens (tertiary/aromatic N) is 1. The number of benzene rings is 1. The summed E-state index contributed by atoms with van der Waals surface area (Å²) >= 11 is 1.39. The van der Waals surface area contributed by atoms with Gasteiger partial charge in [0.05, 0.1) is 18.2 Å². The highest BCUT2D eigenvalue weighted by molar-refractivity contribution is 7.17. The minimum absolute atomic E-state index is 0.266. The normalized spacial score (nSPS) is 13.4. The van der Waals surface area contributed by atoms with Crippen molar-refractivity contribution in [3.05, 3.63) is 46.2 Å². The Morgan fingerprint density at radius 3 is 2.83 bits per heavy atom. The van der Waals surface area contributed by atoms with Crippen molar-refractivity contribution < 1.29 is 28.3 Å². The van der Waals surface area contributed by atoms with Crippen molar-refractivity contribution in [2.45, 2.75) is 32.1 Å². The summed E-state index contributed by atoms with van der Waals surface area (Å²) < 4.78 is 15.2. The molecule has 8 nitrogen and oxygen atoms in total. The predicted octanol–water partition coefficient (Wildman–Crippen LogP) is 3.74. The standard InChI is InChI=1S/C21H20N2O6S/c1-27-21(26)18-13-5-3-2-4-6-16(13)30-19(18)23-17(24)10-28-20(25)12-7-8-15-14(9-12)22-11-29-15/h7-9,11H,2-6,10H2,1H3,(H,23,24). The molecule has 1 aliphatic rings. The van der Waals surface area contributed by atoms with Crippen LogP contribution in [0.4, 0.5) is 5.00 Å². The first-order chi connectivity index (χ1) is 14.6. The van der Waals surface area contributed by atoms with Gasteiger partial charge in [0.1, 0.15) is 10.5 Å². The second kappa shape index (κ2) is 8.66. The van der Waals surface area contributed by atoms with Gasteiger partial charge in [0, 0.05) is 4.88 Å². The minimum Gasteiger partial charge on any atom is -0.465 e. The number of carbonyl (C=O) groups excluding carboxylic acids is 3. The smallest absolute Gasteiger partial charge is 0.341 e. The summed E-state index contributed by atoms with van der Waals surface area (Å²) in [5, 5.41) is 3.15. The third kappa shape index (κ3) is 4.06. The molecule has 0 bridgehead atoms. The molecule has 0 fully saturated rings. The first-order valence-electron chi connectivity index (χ1n) is 9.60. The molecule has 156 valence electrons. The van der Waals surface area contributed by atoms with Crippen molar-refractivity contribution in [1.29, 1.82) is 0 Å². The summed E-state index contributed by atoms with van der Waals surface area (Å²) in [6.07, 6.45) is 6.10. The Balaban J connectivity index is 1.44. The Morgan fingerprint density at radius 2 is 2.00 bits per heavy atom. The number of carbonyl (C=O) groups is 3. The van der Waals surface area contributed by atoms with Gasteiger partial charge in [-0.2, -0.15) is 0 Å². The summed E-state index contributed by atoms with van der Waals surface area (Å²) in [7, 11) is 1.32. The quantitative estimate of drug-likeness (QED) is 0.487.